The van der Waals surface area contributed by atoms with Gasteiger partial charge in [-0.15, -0.1) is 0 Å². The maximum absolute atomic E-state index is 13.6. The second-order valence-electron chi connectivity index (χ2n) is 7.00. The normalized spacial score (nSPS) is 13.9. The summed E-state index contributed by atoms with van der Waals surface area (Å²) in [6, 6.07) is 21.8. The Kier molecular flexibility index (Phi) is 6.10. The third-order valence-corrected chi connectivity index (χ3v) is 6.50. The highest BCUT2D eigenvalue weighted by Gasteiger charge is 2.42. The molecule has 2 amide bonds. The molecular formula is C24H18Cl2N2O2S. The number of rotatable bonds is 5. The number of hydrogen-bond donors (Lipinski definition) is 0. The highest BCUT2D eigenvalue weighted by molar-refractivity contribution is 8.04. The van der Waals surface area contributed by atoms with Crippen LogP contribution in [0, 0.1) is 6.92 Å². The molecule has 0 atom stereocenters. The van der Waals surface area contributed by atoms with Crippen LogP contribution in [0.5, 0.6) is 0 Å². The fraction of sp³-hybridized carbons (Fsp3) is 0.0833. The van der Waals surface area contributed by atoms with E-state index in [1.807, 2.05) is 49.4 Å². The maximum Gasteiger partial charge on any atom is 0.283 e. The minimum atomic E-state index is -0.377. The molecule has 0 radical (unpaired) electrons. The van der Waals surface area contributed by atoms with Crippen LogP contribution in [0.25, 0.3) is 0 Å². The first kappa shape index (κ1) is 21.5. The predicted octanol–water partition coefficient (Wildman–Crippen LogP) is 6.32. The summed E-state index contributed by atoms with van der Waals surface area (Å²) in [5, 5.41) is 1.15. The molecule has 31 heavy (non-hydrogen) atoms. The van der Waals surface area contributed by atoms with E-state index in [4.69, 9.17) is 23.2 Å². The van der Waals surface area contributed by atoms with Crippen molar-refractivity contribution in [3.05, 3.63) is 99.0 Å². The monoisotopic (exact) mass is 468 g/mol. The van der Waals surface area contributed by atoms with Crippen LogP contribution in [0.1, 0.15) is 5.56 Å². The average Bonchev–Trinajstić information content (AvgIpc) is 2.99. The van der Waals surface area contributed by atoms with Gasteiger partial charge in [-0.3, -0.25) is 9.59 Å². The van der Waals surface area contributed by atoms with Crippen molar-refractivity contribution in [2.45, 2.75) is 11.8 Å². The van der Waals surface area contributed by atoms with Gasteiger partial charge >= 0.3 is 0 Å². The van der Waals surface area contributed by atoms with Crippen molar-refractivity contribution in [2.75, 3.05) is 16.8 Å². The summed E-state index contributed by atoms with van der Waals surface area (Å²) in [5.74, 6) is -0.744. The van der Waals surface area contributed by atoms with Crippen LogP contribution in [0.2, 0.25) is 10.0 Å². The molecule has 4 nitrogen and oxygen atoms in total. The van der Waals surface area contributed by atoms with Gasteiger partial charge in [-0.2, -0.15) is 0 Å². The summed E-state index contributed by atoms with van der Waals surface area (Å²) in [6.07, 6.45) is 0. The lowest BCUT2D eigenvalue weighted by molar-refractivity contribution is -0.120. The molecule has 0 saturated carbocycles. The molecule has 3 aromatic rings. The Bertz CT molecular complexity index is 1190. The molecule has 0 spiro atoms. The van der Waals surface area contributed by atoms with Crippen molar-refractivity contribution in [1.82, 2.24) is 0 Å². The van der Waals surface area contributed by atoms with E-state index < -0.39 is 0 Å². The molecule has 1 heterocycles. The number of likely N-dealkylation sites (N-methyl/N-ethyl adjacent to an activating group) is 1. The lowest BCUT2D eigenvalue weighted by Crippen LogP contribution is -2.34. The van der Waals surface area contributed by atoms with Crippen LogP contribution < -0.4 is 9.80 Å². The summed E-state index contributed by atoms with van der Waals surface area (Å²) < 4.78 is 0. The highest BCUT2D eigenvalue weighted by Crippen LogP contribution is 2.40. The third-order valence-electron chi connectivity index (χ3n) is 4.93. The SMILES string of the molecule is Cc1cc(Cl)ccc1N1C(=O)C(Sc2ccc(Cl)cc2)=C(N(C)c2ccccc2)C1=O. The van der Waals surface area contributed by atoms with Crippen LogP contribution in [-0.4, -0.2) is 18.9 Å². The van der Waals surface area contributed by atoms with Gasteiger partial charge in [0.05, 0.1) is 5.69 Å². The lowest BCUT2D eigenvalue weighted by atomic mass is 10.2. The summed E-state index contributed by atoms with van der Waals surface area (Å²) in [6.45, 7) is 1.83. The topological polar surface area (TPSA) is 40.6 Å². The number of anilines is 2. The van der Waals surface area contributed by atoms with Crippen LogP contribution in [-0.2, 0) is 9.59 Å². The molecule has 1 aliphatic heterocycles. The molecule has 0 aromatic heterocycles. The zero-order chi connectivity index (χ0) is 22.1. The van der Waals surface area contributed by atoms with Crippen molar-refractivity contribution >= 4 is 58.2 Å². The van der Waals surface area contributed by atoms with Gasteiger partial charge in [-0.1, -0.05) is 53.2 Å². The Balaban J connectivity index is 1.81. The molecule has 7 heteroatoms. The van der Waals surface area contributed by atoms with Crippen molar-refractivity contribution in [3.8, 4) is 0 Å². The first-order valence-electron chi connectivity index (χ1n) is 9.48. The molecule has 0 N–H and O–H groups in total. The first-order chi connectivity index (χ1) is 14.9. The quantitative estimate of drug-likeness (QED) is 0.411. The Hall–Kier alpha value is -2.73. The van der Waals surface area contributed by atoms with Gasteiger partial charge in [0.1, 0.15) is 10.6 Å². The second kappa shape index (κ2) is 8.79. The Morgan fingerprint density at radius 1 is 0.839 bits per heavy atom. The fourth-order valence-corrected chi connectivity index (χ4v) is 4.74. The van der Waals surface area contributed by atoms with Gasteiger partial charge in [-0.25, -0.2) is 4.90 Å². The van der Waals surface area contributed by atoms with E-state index in [1.165, 1.54) is 16.7 Å². The Morgan fingerprint density at radius 2 is 1.48 bits per heavy atom. The van der Waals surface area contributed by atoms with Crippen LogP contribution in [0.4, 0.5) is 11.4 Å². The Morgan fingerprint density at radius 3 is 2.13 bits per heavy atom. The van der Waals surface area contributed by atoms with Gasteiger partial charge in [0.15, 0.2) is 0 Å². The number of nitrogens with zero attached hydrogens (tertiary/aromatic N) is 2. The summed E-state index contributed by atoms with van der Waals surface area (Å²) >= 11 is 13.3. The Labute approximate surface area is 195 Å². The predicted molar refractivity (Wildman–Crippen MR) is 128 cm³/mol. The fourth-order valence-electron chi connectivity index (χ4n) is 3.38. The van der Waals surface area contributed by atoms with Gasteiger partial charge in [0.25, 0.3) is 11.8 Å². The zero-order valence-electron chi connectivity index (χ0n) is 16.8. The smallest absolute Gasteiger partial charge is 0.283 e. The van der Waals surface area contributed by atoms with Gasteiger partial charge in [0.2, 0.25) is 0 Å². The number of para-hydroxylation sites is 1. The molecule has 0 bridgehead atoms. The zero-order valence-corrected chi connectivity index (χ0v) is 19.1. The van der Waals surface area contributed by atoms with E-state index in [1.54, 1.807) is 42.3 Å². The molecule has 0 unspecified atom stereocenters. The maximum atomic E-state index is 13.6. The highest BCUT2D eigenvalue weighted by atomic mass is 35.5. The molecule has 0 fully saturated rings. The van der Waals surface area contributed by atoms with E-state index in [-0.39, 0.29) is 11.8 Å². The summed E-state index contributed by atoms with van der Waals surface area (Å²) in [5.41, 5.74) is 2.40. The van der Waals surface area contributed by atoms with E-state index in [0.29, 0.717) is 26.3 Å². The molecule has 3 aromatic carbocycles. The molecule has 0 saturated heterocycles. The van der Waals surface area contributed by atoms with Gasteiger partial charge in [0, 0.05) is 27.7 Å². The minimum Gasteiger partial charge on any atom is -0.339 e. The molecular weight excluding hydrogens is 451 g/mol. The number of amides is 2. The molecule has 0 aliphatic carbocycles. The number of benzene rings is 3. The number of carbonyl (C=O) groups is 2. The van der Waals surface area contributed by atoms with E-state index in [0.717, 1.165) is 16.1 Å². The van der Waals surface area contributed by atoms with Crippen molar-refractivity contribution in [3.63, 3.8) is 0 Å². The van der Waals surface area contributed by atoms with E-state index >= 15 is 0 Å². The minimum absolute atomic E-state index is 0.325. The number of thioether (sulfide) groups is 1. The largest absolute Gasteiger partial charge is 0.339 e. The second-order valence-corrected chi connectivity index (χ2v) is 8.96. The van der Waals surface area contributed by atoms with Crippen molar-refractivity contribution in [1.29, 1.82) is 0 Å². The van der Waals surface area contributed by atoms with E-state index in [9.17, 15) is 9.59 Å². The molecule has 156 valence electrons. The third kappa shape index (κ3) is 4.22. The van der Waals surface area contributed by atoms with Crippen LogP contribution in [0.3, 0.4) is 0 Å². The lowest BCUT2D eigenvalue weighted by Gasteiger charge is -2.22. The van der Waals surface area contributed by atoms with Crippen LogP contribution >= 0.6 is 35.0 Å². The first-order valence-corrected chi connectivity index (χ1v) is 11.1. The summed E-state index contributed by atoms with van der Waals surface area (Å²) in [4.78, 5) is 31.2. The summed E-state index contributed by atoms with van der Waals surface area (Å²) in [7, 11) is 1.79. The number of halogens is 2. The average molecular weight is 469 g/mol. The van der Waals surface area contributed by atoms with Gasteiger partial charge in [-0.05, 0) is 67.1 Å². The van der Waals surface area contributed by atoms with Crippen molar-refractivity contribution in [2.24, 2.45) is 0 Å². The number of hydrogen-bond acceptors (Lipinski definition) is 4. The molecule has 4 rings (SSSR count). The number of aryl methyl sites for hydroxylation is 1. The van der Waals surface area contributed by atoms with Crippen molar-refractivity contribution < 1.29 is 9.59 Å². The van der Waals surface area contributed by atoms with Crippen LogP contribution in [0.15, 0.2) is 88.3 Å². The van der Waals surface area contributed by atoms with Gasteiger partial charge < -0.3 is 4.90 Å². The molecule has 1 aliphatic rings. The number of carbonyl (C=O) groups excluding carboxylic acids is 2. The van der Waals surface area contributed by atoms with E-state index in [2.05, 4.69) is 0 Å². The number of imide groups is 1. The standard InChI is InChI=1S/C24H18Cl2N2O2S/c1-15-14-17(26)10-13-20(15)28-23(29)21(27(2)18-6-4-3-5-7-18)22(24(28)30)31-19-11-8-16(25)9-12-19/h3-14H,1-2H3.